The van der Waals surface area contributed by atoms with Crippen LogP contribution in [0.2, 0.25) is 0 Å². The summed E-state index contributed by atoms with van der Waals surface area (Å²) in [6.45, 7) is 1.84. The van der Waals surface area contributed by atoms with Crippen LogP contribution in [0, 0.1) is 6.92 Å². The lowest BCUT2D eigenvalue weighted by molar-refractivity contribution is 1.05. The zero-order valence-corrected chi connectivity index (χ0v) is 5.85. The maximum atomic E-state index is 4.66. The zero-order valence-electron chi connectivity index (χ0n) is 5.03. The van der Waals surface area contributed by atoms with Gasteiger partial charge in [-0.05, 0) is 6.92 Å². The van der Waals surface area contributed by atoms with Crippen LogP contribution in [0.25, 0.3) is 0 Å². The Labute approximate surface area is 59.0 Å². The quantitative estimate of drug-likeness (QED) is 0.544. The van der Waals surface area contributed by atoms with Crippen LogP contribution in [0.4, 0.5) is 0 Å². The summed E-state index contributed by atoms with van der Waals surface area (Å²) in [6, 6.07) is 0. The third-order valence-electron chi connectivity index (χ3n) is 0.937. The predicted octanol–water partition coefficient (Wildman–Crippen LogP) is 1.13. The molecule has 1 aromatic rings. The van der Waals surface area contributed by atoms with E-state index in [0.29, 0.717) is 0 Å². The summed E-state index contributed by atoms with van der Waals surface area (Å²) in [5.41, 5.74) is 0.885. The van der Waals surface area contributed by atoms with E-state index < -0.39 is 0 Å². The molecule has 0 unspecified atom stereocenters. The molecular formula is C6H6N2S. The topological polar surface area (TPSA) is 25.8 Å². The van der Waals surface area contributed by atoms with Crippen LogP contribution in [0.1, 0.15) is 11.4 Å². The van der Waals surface area contributed by atoms with E-state index in [0.717, 1.165) is 11.4 Å². The lowest BCUT2D eigenvalue weighted by Gasteiger charge is -1.89. The summed E-state index contributed by atoms with van der Waals surface area (Å²) in [5.74, 6) is 0.774. The molecule has 0 aliphatic rings. The van der Waals surface area contributed by atoms with Gasteiger partial charge in [0, 0.05) is 23.3 Å². The molecule has 0 aliphatic carbocycles. The molecule has 1 heterocycles. The summed E-state index contributed by atoms with van der Waals surface area (Å²) in [5, 5.41) is 1.56. The molecule has 0 atom stereocenters. The van der Waals surface area contributed by atoms with E-state index in [1.165, 1.54) is 0 Å². The summed E-state index contributed by atoms with van der Waals surface area (Å²) >= 11 is 4.66. The average Bonchev–Trinajstić information content (AvgIpc) is 1.90. The van der Waals surface area contributed by atoms with Gasteiger partial charge in [0.1, 0.15) is 5.82 Å². The SMILES string of the molecule is Cc1ncc(C=S)cn1. The number of hydrogen-bond acceptors (Lipinski definition) is 3. The molecule has 0 saturated carbocycles. The Kier molecular flexibility index (Phi) is 1.85. The first kappa shape index (κ1) is 6.29. The minimum Gasteiger partial charge on any atom is -0.241 e. The summed E-state index contributed by atoms with van der Waals surface area (Å²) < 4.78 is 0. The first-order chi connectivity index (χ1) is 4.33. The number of thiocarbonyl (C=S) groups is 1. The molecule has 0 saturated heterocycles. The van der Waals surface area contributed by atoms with Crippen LogP contribution in [0.15, 0.2) is 12.4 Å². The van der Waals surface area contributed by atoms with Crippen molar-refractivity contribution < 1.29 is 0 Å². The molecule has 0 aliphatic heterocycles. The van der Waals surface area contributed by atoms with Gasteiger partial charge in [-0.1, -0.05) is 12.2 Å². The fourth-order valence-corrected chi connectivity index (χ4v) is 0.585. The first-order valence-corrected chi connectivity index (χ1v) is 3.04. The van der Waals surface area contributed by atoms with Crippen molar-refractivity contribution in [3.05, 3.63) is 23.8 Å². The maximum absolute atomic E-state index is 4.66. The van der Waals surface area contributed by atoms with Crippen molar-refractivity contribution in [2.45, 2.75) is 6.92 Å². The van der Waals surface area contributed by atoms with Crippen LogP contribution in [0.5, 0.6) is 0 Å². The average molecular weight is 138 g/mol. The lowest BCUT2D eigenvalue weighted by Crippen LogP contribution is -1.87. The van der Waals surface area contributed by atoms with E-state index in [1.54, 1.807) is 17.8 Å². The standard InChI is InChI=1S/C6H6N2S/c1-5-7-2-6(4-9)3-8-5/h2-4H,1H3. The third-order valence-corrected chi connectivity index (χ3v) is 1.21. The molecule has 1 aromatic heterocycles. The van der Waals surface area contributed by atoms with Crippen molar-refractivity contribution in [1.29, 1.82) is 0 Å². The van der Waals surface area contributed by atoms with Crippen molar-refractivity contribution in [2.75, 3.05) is 0 Å². The fourth-order valence-electron chi connectivity index (χ4n) is 0.463. The highest BCUT2D eigenvalue weighted by molar-refractivity contribution is 7.79. The van der Waals surface area contributed by atoms with Crippen LogP contribution in [0.3, 0.4) is 0 Å². The molecule has 0 spiro atoms. The van der Waals surface area contributed by atoms with Crippen LogP contribution in [-0.2, 0) is 0 Å². The third kappa shape index (κ3) is 1.54. The Morgan fingerprint density at radius 1 is 1.44 bits per heavy atom. The molecule has 2 nitrogen and oxygen atoms in total. The van der Waals surface area contributed by atoms with Gasteiger partial charge in [-0.3, -0.25) is 0 Å². The Bertz CT molecular complexity index is 205. The summed E-state index contributed by atoms with van der Waals surface area (Å²) in [7, 11) is 0. The van der Waals surface area contributed by atoms with Gasteiger partial charge >= 0.3 is 0 Å². The normalized spacial score (nSPS) is 9.00. The van der Waals surface area contributed by atoms with E-state index >= 15 is 0 Å². The molecule has 0 fully saturated rings. The Hall–Kier alpha value is -0.830. The molecule has 9 heavy (non-hydrogen) atoms. The van der Waals surface area contributed by atoms with Gasteiger partial charge in [0.05, 0.1) is 0 Å². The highest BCUT2D eigenvalue weighted by Crippen LogP contribution is 1.89. The number of nitrogens with zero attached hydrogens (tertiary/aromatic N) is 2. The minimum absolute atomic E-state index is 0.774. The van der Waals surface area contributed by atoms with Crippen LogP contribution in [-0.4, -0.2) is 15.3 Å². The Morgan fingerprint density at radius 3 is 2.44 bits per heavy atom. The number of rotatable bonds is 1. The molecule has 1 rings (SSSR count). The number of hydrogen-bond donors (Lipinski definition) is 0. The highest BCUT2D eigenvalue weighted by Gasteiger charge is 1.85. The Morgan fingerprint density at radius 2 is 2.00 bits per heavy atom. The largest absolute Gasteiger partial charge is 0.241 e. The van der Waals surface area contributed by atoms with Crippen molar-refractivity contribution in [2.24, 2.45) is 0 Å². The molecule has 3 heteroatoms. The second kappa shape index (κ2) is 2.64. The van der Waals surface area contributed by atoms with E-state index in [4.69, 9.17) is 0 Å². The van der Waals surface area contributed by atoms with E-state index in [2.05, 4.69) is 22.2 Å². The van der Waals surface area contributed by atoms with Crippen molar-refractivity contribution in [3.63, 3.8) is 0 Å². The second-order valence-corrected chi connectivity index (χ2v) is 1.92. The van der Waals surface area contributed by atoms with E-state index in [1.807, 2.05) is 6.92 Å². The molecule has 0 aromatic carbocycles. The van der Waals surface area contributed by atoms with Gasteiger partial charge in [0.15, 0.2) is 0 Å². The molecular weight excluding hydrogens is 132 g/mol. The molecule has 46 valence electrons. The molecule has 0 radical (unpaired) electrons. The van der Waals surface area contributed by atoms with Gasteiger partial charge in [-0.2, -0.15) is 0 Å². The van der Waals surface area contributed by atoms with Crippen molar-refractivity contribution in [3.8, 4) is 0 Å². The molecule has 0 N–H and O–H groups in total. The van der Waals surface area contributed by atoms with Gasteiger partial charge in [-0.15, -0.1) is 0 Å². The minimum atomic E-state index is 0.774. The van der Waals surface area contributed by atoms with Gasteiger partial charge < -0.3 is 0 Å². The van der Waals surface area contributed by atoms with Crippen molar-refractivity contribution in [1.82, 2.24) is 9.97 Å². The fraction of sp³-hybridized carbons (Fsp3) is 0.167. The number of aromatic nitrogens is 2. The molecule has 0 bridgehead atoms. The zero-order chi connectivity index (χ0) is 6.69. The number of aryl methyl sites for hydroxylation is 1. The first-order valence-electron chi connectivity index (χ1n) is 2.57. The van der Waals surface area contributed by atoms with E-state index in [9.17, 15) is 0 Å². The predicted molar refractivity (Wildman–Crippen MR) is 39.5 cm³/mol. The summed E-state index contributed by atoms with van der Waals surface area (Å²) in [4.78, 5) is 7.88. The van der Waals surface area contributed by atoms with Gasteiger partial charge in [0.25, 0.3) is 0 Å². The maximum Gasteiger partial charge on any atom is 0.125 e. The Balaban J connectivity index is 3.01. The molecule has 0 amide bonds. The summed E-state index contributed by atoms with van der Waals surface area (Å²) in [6.07, 6.45) is 3.41. The van der Waals surface area contributed by atoms with Gasteiger partial charge in [0.2, 0.25) is 0 Å². The smallest absolute Gasteiger partial charge is 0.125 e. The van der Waals surface area contributed by atoms with Crippen molar-refractivity contribution >= 4 is 17.6 Å². The van der Waals surface area contributed by atoms with Crippen LogP contribution < -0.4 is 0 Å². The monoisotopic (exact) mass is 138 g/mol. The lowest BCUT2D eigenvalue weighted by atomic mass is 10.4. The van der Waals surface area contributed by atoms with Crippen LogP contribution >= 0.6 is 12.2 Å². The van der Waals surface area contributed by atoms with E-state index in [-0.39, 0.29) is 0 Å². The van der Waals surface area contributed by atoms with Gasteiger partial charge in [-0.25, -0.2) is 9.97 Å². The highest BCUT2D eigenvalue weighted by atomic mass is 32.1. The second-order valence-electron chi connectivity index (χ2n) is 1.68.